The molecule has 2 aromatic rings. The number of anilines is 1. The molecule has 2 rings (SSSR count). The van der Waals surface area contributed by atoms with Gasteiger partial charge < -0.3 is 10.4 Å². The van der Waals surface area contributed by atoms with Crippen molar-refractivity contribution in [3.63, 3.8) is 0 Å². The summed E-state index contributed by atoms with van der Waals surface area (Å²) in [6, 6.07) is 15.2. The lowest BCUT2D eigenvalue weighted by Crippen LogP contribution is -2.24. The molecule has 0 bridgehead atoms. The Bertz CT molecular complexity index is 695. The lowest BCUT2D eigenvalue weighted by atomic mass is 9.96. The predicted octanol–water partition coefficient (Wildman–Crippen LogP) is 3.58. The summed E-state index contributed by atoms with van der Waals surface area (Å²) in [4.78, 5) is 23.6. The molecule has 4 heteroatoms. The molecule has 0 spiro atoms. The average molecular weight is 311 g/mol. The van der Waals surface area contributed by atoms with Crippen molar-refractivity contribution in [2.75, 3.05) is 5.32 Å². The topological polar surface area (TPSA) is 66.4 Å². The van der Waals surface area contributed by atoms with Gasteiger partial charge in [0.05, 0.1) is 5.92 Å². The van der Waals surface area contributed by atoms with Crippen molar-refractivity contribution in [2.45, 2.75) is 26.7 Å². The second kappa shape index (κ2) is 7.58. The Kier molecular flexibility index (Phi) is 5.52. The summed E-state index contributed by atoms with van der Waals surface area (Å²) in [6.07, 6.45) is 0.300. The van der Waals surface area contributed by atoms with Gasteiger partial charge in [-0.15, -0.1) is 0 Å². The van der Waals surface area contributed by atoms with E-state index in [-0.39, 0.29) is 12.3 Å². The SMILES string of the molecule is Cc1ccc(C)c(NC(=O)CC(Cc2ccccc2)C(=O)O)c1. The van der Waals surface area contributed by atoms with Crippen molar-refractivity contribution in [3.8, 4) is 0 Å². The summed E-state index contributed by atoms with van der Waals surface area (Å²) in [5, 5.41) is 12.2. The van der Waals surface area contributed by atoms with Crippen LogP contribution in [-0.2, 0) is 16.0 Å². The van der Waals surface area contributed by atoms with E-state index >= 15 is 0 Å². The van der Waals surface area contributed by atoms with Crippen LogP contribution in [-0.4, -0.2) is 17.0 Å². The Morgan fingerprint density at radius 2 is 1.78 bits per heavy atom. The minimum absolute atomic E-state index is 0.0440. The molecule has 0 aliphatic rings. The van der Waals surface area contributed by atoms with Crippen molar-refractivity contribution in [1.29, 1.82) is 0 Å². The van der Waals surface area contributed by atoms with Crippen molar-refractivity contribution >= 4 is 17.6 Å². The van der Waals surface area contributed by atoms with Gasteiger partial charge in [-0.3, -0.25) is 9.59 Å². The molecule has 0 saturated heterocycles. The molecular formula is C19H21NO3. The molecule has 1 unspecified atom stereocenters. The maximum absolute atomic E-state index is 12.2. The van der Waals surface area contributed by atoms with Crippen LogP contribution in [0.5, 0.6) is 0 Å². The lowest BCUT2D eigenvalue weighted by Gasteiger charge is -2.14. The number of hydrogen-bond acceptors (Lipinski definition) is 2. The third kappa shape index (κ3) is 4.95. The molecule has 0 aliphatic carbocycles. The van der Waals surface area contributed by atoms with Gasteiger partial charge >= 0.3 is 5.97 Å². The normalized spacial score (nSPS) is 11.7. The number of carboxylic acid groups (broad SMARTS) is 1. The van der Waals surface area contributed by atoms with E-state index in [1.807, 2.05) is 62.4 Å². The zero-order valence-electron chi connectivity index (χ0n) is 13.4. The van der Waals surface area contributed by atoms with E-state index in [0.717, 1.165) is 22.4 Å². The van der Waals surface area contributed by atoms with E-state index in [1.165, 1.54) is 0 Å². The standard InChI is InChI=1S/C19H21NO3/c1-13-8-9-14(2)17(10-13)20-18(21)12-16(19(22)23)11-15-6-4-3-5-7-15/h3-10,16H,11-12H2,1-2H3,(H,20,21)(H,22,23). The van der Waals surface area contributed by atoms with E-state index in [4.69, 9.17) is 0 Å². The van der Waals surface area contributed by atoms with Crippen LogP contribution in [0.25, 0.3) is 0 Å². The van der Waals surface area contributed by atoms with E-state index in [0.29, 0.717) is 6.42 Å². The van der Waals surface area contributed by atoms with Gasteiger partial charge in [0.15, 0.2) is 0 Å². The number of aliphatic carboxylic acids is 1. The highest BCUT2D eigenvalue weighted by Crippen LogP contribution is 2.18. The summed E-state index contributed by atoms with van der Waals surface area (Å²) in [5.41, 5.74) is 3.65. The fourth-order valence-electron chi connectivity index (χ4n) is 2.44. The number of hydrogen-bond donors (Lipinski definition) is 2. The Hall–Kier alpha value is -2.62. The largest absolute Gasteiger partial charge is 0.481 e. The first-order valence-electron chi connectivity index (χ1n) is 7.59. The number of amides is 1. The fourth-order valence-corrected chi connectivity index (χ4v) is 2.44. The smallest absolute Gasteiger partial charge is 0.307 e. The van der Waals surface area contributed by atoms with Crippen LogP contribution in [0.2, 0.25) is 0 Å². The van der Waals surface area contributed by atoms with Crippen LogP contribution in [0.3, 0.4) is 0 Å². The van der Waals surface area contributed by atoms with Crippen LogP contribution in [0.15, 0.2) is 48.5 Å². The number of carbonyl (C=O) groups is 2. The van der Waals surface area contributed by atoms with Crippen molar-refractivity contribution in [1.82, 2.24) is 0 Å². The maximum Gasteiger partial charge on any atom is 0.307 e. The number of carbonyl (C=O) groups excluding carboxylic acids is 1. The third-order valence-corrected chi connectivity index (χ3v) is 3.77. The third-order valence-electron chi connectivity index (χ3n) is 3.77. The second-order valence-corrected chi connectivity index (χ2v) is 5.80. The van der Waals surface area contributed by atoms with E-state index < -0.39 is 11.9 Å². The van der Waals surface area contributed by atoms with E-state index in [1.54, 1.807) is 0 Å². The van der Waals surface area contributed by atoms with Crippen molar-refractivity contribution in [3.05, 3.63) is 65.2 Å². The molecule has 120 valence electrons. The summed E-state index contributed by atoms with van der Waals surface area (Å²) in [6.45, 7) is 3.86. The number of carboxylic acids is 1. The summed E-state index contributed by atoms with van der Waals surface area (Å²) in [5.74, 6) is -1.96. The minimum Gasteiger partial charge on any atom is -0.481 e. The highest BCUT2D eigenvalue weighted by Gasteiger charge is 2.22. The van der Waals surface area contributed by atoms with Gasteiger partial charge in [0, 0.05) is 12.1 Å². The Balaban J connectivity index is 2.03. The Morgan fingerprint density at radius 3 is 2.43 bits per heavy atom. The van der Waals surface area contributed by atoms with E-state index in [9.17, 15) is 14.7 Å². The number of aryl methyl sites for hydroxylation is 2. The molecule has 2 aromatic carbocycles. The van der Waals surface area contributed by atoms with E-state index in [2.05, 4.69) is 5.32 Å². The molecule has 1 atom stereocenters. The number of rotatable bonds is 6. The van der Waals surface area contributed by atoms with Gasteiger partial charge in [-0.2, -0.15) is 0 Å². The van der Waals surface area contributed by atoms with Crippen molar-refractivity contribution < 1.29 is 14.7 Å². The quantitative estimate of drug-likeness (QED) is 0.857. The van der Waals surface area contributed by atoms with Gasteiger partial charge in [-0.25, -0.2) is 0 Å². The Morgan fingerprint density at radius 1 is 1.09 bits per heavy atom. The van der Waals surface area contributed by atoms with Crippen molar-refractivity contribution in [2.24, 2.45) is 5.92 Å². The van der Waals surface area contributed by atoms with Crippen LogP contribution < -0.4 is 5.32 Å². The highest BCUT2D eigenvalue weighted by molar-refractivity contribution is 5.93. The molecule has 4 nitrogen and oxygen atoms in total. The first-order chi connectivity index (χ1) is 11.0. The summed E-state index contributed by atoms with van der Waals surface area (Å²) >= 11 is 0. The van der Waals surface area contributed by atoms with Crippen LogP contribution in [0, 0.1) is 19.8 Å². The zero-order chi connectivity index (χ0) is 16.8. The molecular weight excluding hydrogens is 290 g/mol. The molecule has 2 N–H and O–H groups in total. The second-order valence-electron chi connectivity index (χ2n) is 5.80. The van der Waals surface area contributed by atoms with Gasteiger partial charge in [-0.1, -0.05) is 42.5 Å². The fraction of sp³-hybridized carbons (Fsp3) is 0.263. The van der Waals surface area contributed by atoms with Gasteiger partial charge in [0.2, 0.25) is 5.91 Å². The van der Waals surface area contributed by atoms with Gasteiger partial charge in [-0.05, 0) is 43.0 Å². The average Bonchev–Trinajstić information content (AvgIpc) is 2.51. The molecule has 0 heterocycles. The van der Waals surface area contributed by atoms with Crippen LogP contribution in [0.1, 0.15) is 23.1 Å². The monoisotopic (exact) mass is 311 g/mol. The molecule has 0 fully saturated rings. The molecule has 0 aliphatic heterocycles. The molecule has 23 heavy (non-hydrogen) atoms. The first kappa shape index (κ1) is 16.7. The zero-order valence-corrected chi connectivity index (χ0v) is 13.4. The summed E-state index contributed by atoms with van der Waals surface area (Å²) < 4.78 is 0. The first-order valence-corrected chi connectivity index (χ1v) is 7.59. The predicted molar refractivity (Wildman–Crippen MR) is 90.4 cm³/mol. The molecule has 0 radical (unpaired) electrons. The maximum atomic E-state index is 12.2. The Labute approximate surface area is 136 Å². The molecule has 0 aromatic heterocycles. The van der Waals surface area contributed by atoms with Gasteiger partial charge in [0.1, 0.15) is 0 Å². The van der Waals surface area contributed by atoms with Crippen LogP contribution in [0.4, 0.5) is 5.69 Å². The number of benzene rings is 2. The molecule has 1 amide bonds. The van der Waals surface area contributed by atoms with Crippen LogP contribution >= 0.6 is 0 Å². The molecule has 0 saturated carbocycles. The minimum atomic E-state index is -0.954. The van der Waals surface area contributed by atoms with Gasteiger partial charge in [0.25, 0.3) is 0 Å². The highest BCUT2D eigenvalue weighted by atomic mass is 16.4. The lowest BCUT2D eigenvalue weighted by molar-refractivity contribution is -0.143. The number of nitrogens with one attached hydrogen (secondary N) is 1. The summed E-state index contributed by atoms with van der Waals surface area (Å²) in [7, 11) is 0.